The molecule has 0 spiro atoms. The number of fused-ring (bicyclic) bond motifs is 1. The van der Waals surface area contributed by atoms with Crippen LogP contribution in [0.2, 0.25) is 0 Å². The van der Waals surface area contributed by atoms with Crippen LogP contribution in [0.4, 0.5) is 0 Å². The van der Waals surface area contributed by atoms with Crippen molar-refractivity contribution in [2.45, 2.75) is 0 Å². The highest BCUT2D eigenvalue weighted by molar-refractivity contribution is 6.34. The number of ketones is 2. The molecule has 5 nitrogen and oxygen atoms in total. The Morgan fingerprint density at radius 1 is 1.15 bits per heavy atom. The van der Waals surface area contributed by atoms with E-state index in [1.54, 1.807) is 35.0 Å². The molecule has 0 saturated carbocycles. The summed E-state index contributed by atoms with van der Waals surface area (Å²) >= 11 is 0. The van der Waals surface area contributed by atoms with E-state index in [-0.39, 0.29) is 11.6 Å². The predicted octanol–water partition coefficient (Wildman–Crippen LogP) is 1.13. The standard InChI is InChI=1S/C15H10N2O3/c16-15(20)10-6-11-5-9(3-4-17(11)8-10)13-7-12(18)1-2-14(13)19/h1-8H,(H2,16,20). The van der Waals surface area contributed by atoms with Gasteiger partial charge in [-0.15, -0.1) is 0 Å². The van der Waals surface area contributed by atoms with Gasteiger partial charge in [-0.2, -0.15) is 0 Å². The first-order valence-electron chi connectivity index (χ1n) is 5.94. The van der Waals surface area contributed by atoms with Gasteiger partial charge in [0, 0.05) is 23.5 Å². The van der Waals surface area contributed by atoms with Crippen LogP contribution in [-0.4, -0.2) is 21.9 Å². The SMILES string of the molecule is NC(=O)c1cc2cc(C3=CC(=O)C=CC3=O)ccn2c1. The number of hydrogen-bond acceptors (Lipinski definition) is 3. The van der Waals surface area contributed by atoms with E-state index in [9.17, 15) is 14.4 Å². The largest absolute Gasteiger partial charge is 0.366 e. The molecular weight excluding hydrogens is 256 g/mol. The van der Waals surface area contributed by atoms with Crippen molar-refractivity contribution < 1.29 is 14.4 Å². The Bertz CT molecular complexity index is 825. The topological polar surface area (TPSA) is 81.6 Å². The first-order valence-corrected chi connectivity index (χ1v) is 5.94. The molecule has 0 atom stereocenters. The van der Waals surface area contributed by atoms with Crippen molar-refractivity contribution >= 4 is 28.6 Å². The van der Waals surface area contributed by atoms with E-state index < -0.39 is 5.91 Å². The molecular formula is C15H10N2O3. The number of hydrogen-bond donors (Lipinski definition) is 1. The number of amides is 1. The van der Waals surface area contributed by atoms with Gasteiger partial charge in [-0.3, -0.25) is 14.4 Å². The van der Waals surface area contributed by atoms with Gasteiger partial charge in [0.05, 0.1) is 5.56 Å². The Kier molecular flexibility index (Phi) is 2.61. The number of aromatic nitrogens is 1. The molecule has 1 aliphatic rings. The Labute approximate surface area is 114 Å². The number of carbonyl (C=O) groups is 3. The van der Waals surface area contributed by atoms with Gasteiger partial charge in [-0.25, -0.2) is 0 Å². The summed E-state index contributed by atoms with van der Waals surface area (Å²) in [5.41, 5.74) is 7.33. The fourth-order valence-electron chi connectivity index (χ4n) is 2.15. The fraction of sp³-hybridized carbons (Fsp3) is 0. The number of nitrogens with zero attached hydrogens (tertiary/aromatic N) is 1. The van der Waals surface area contributed by atoms with Gasteiger partial charge in [0.15, 0.2) is 11.6 Å². The predicted molar refractivity (Wildman–Crippen MR) is 73.0 cm³/mol. The van der Waals surface area contributed by atoms with Crippen LogP contribution in [0.1, 0.15) is 15.9 Å². The minimum absolute atomic E-state index is 0.212. The summed E-state index contributed by atoms with van der Waals surface area (Å²) in [6.45, 7) is 0. The molecule has 98 valence electrons. The number of rotatable bonds is 2. The van der Waals surface area contributed by atoms with Gasteiger partial charge in [0.2, 0.25) is 5.91 Å². The van der Waals surface area contributed by atoms with E-state index in [1.807, 2.05) is 0 Å². The van der Waals surface area contributed by atoms with Gasteiger partial charge < -0.3 is 10.1 Å². The van der Waals surface area contributed by atoms with Gasteiger partial charge in [0.1, 0.15) is 0 Å². The molecule has 0 aromatic carbocycles. The summed E-state index contributed by atoms with van der Waals surface area (Å²) in [5.74, 6) is -0.940. The summed E-state index contributed by atoms with van der Waals surface area (Å²) in [4.78, 5) is 34.3. The van der Waals surface area contributed by atoms with E-state index in [0.29, 0.717) is 16.7 Å². The fourth-order valence-corrected chi connectivity index (χ4v) is 2.15. The zero-order chi connectivity index (χ0) is 14.3. The minimum atomic E-state index is -0.513. The lowest BCUT2D eigenvalue weighted by molar-refractivity contribution is -0.113. The van der Waals surface area contributed by atoms with E-state index in [1.165, 1.54) is 18.2 Å². The third kappa shape index (κ3) is 1.95. The second-order valence-corrected chi connectivity index (χ2v) is 4.50. The molecule has 0 unspecified atom stereocenters. The minimum Gasteiger partial charge on any atom is -0.366 e. The van der Waals surface area contributed by atoms with Crippen LogP contribution in [0.25, 0.3) is 11.1 Å². The summed E-state index contributed by atoms with van der Waals surface area (Å²) in [7, 11) is 0. The van der Waals surface area contributed by atoms with Crippen LogP contribution in [0.15, 0.2) is 48.8 Å². The maximum Gasteiger partial charge on any atom is 0.250 e. The van der Waals surface area contributed by atoms with Gasteiger partial charge >= 0.3 is 0 Å². The number of primary amides is 1. The lowest BCUT2D eigenvalue weighted by Crippen LogP contribution is -2.09. The van der Waals surface area contributed by atoms with Gasteiger partial charge in [0.25, 0.3) is 0 Å². The highest BCUT2D eigenvalue weighted by atomic mass is 16.1. The van der Waals surface area contributed by atoms with E-state index in [2.05, 4.69) is 0 Å². The van der Waals surface area contributed by atoms with Crippen LogP contribution < -0.4 is 5.73 Å². The third-order valence-corrected chi connectivity index (χ3v) is 3.14. The summed E-state index contributed by atoms with van der Waals surface area (Å²) in [6, 6.07) is 5.09. The van der Waals surface area contributed by atoms with Crippen LogP contribution >= 0.6 is 0 Å². The van der Waals surface area contributed by atoms with Crippen LogP contribution in [0.5, 0.6) is 0 Å². The van der Waals surface area contributed by atoms with E-state index >= 15 is 0 Å². The van der Waals surface area contributed by atoms with E-state index in [4.69, 9.17) is 5.73 Å². The highest BCUT2D eigenvalue weighted by Gasteiger charge is 2.16. The first-order chi connectivity index (χ1) is 9.54. The molecule has 3 rings (SSSR count). The van der Waals surface area contributed by atoms with Crippen molar-refractivity contribution in [2.75, 3.05) is 0 Å². The van der Waals surface area contributed by atoms with Crippen molar-refractivity contribution in [3.8, 4) is 0 Å². The van der Waals surface area contributed by atoms with Crippen molar-refractivity contribution in [1.82, 2.24) is 4.40 Å². The maximum atomic E-state index is 11.8. The normalized spacial score (nSPS) is 14.7. The van der Waals surface area contributed by atoms with Gasteiger partial charge in [-0.05, 0) is 42.0 Å². The second kappa shape index (κ2) is 4.31. The Morgan fingerprint density at radius 2 is 1.95 bits per heavy atom. The van der Waals surface area contributed by atoms with Crippen LogP contribution in [0, 0.1) is 0 Å². The quantitative estimate of drug-likeness (QED) is 0.827. The number of carbonyl (C=O) groups excluding carboxylic acids is 3. The van der Waals surface area contributed by atoms with Crippen LogP contribution in [0.3, 0.4) is 0 Å². The van der Waals surface area contributed by atoms with Gasteiger partial charge in [-0.1, -0.05) is 0 Å². The average Bonchev–Trinajstić information content (AvgIpc) is 2.84. The molecule has 5 heteroatoms. The number of pyridine rings is 1. The van der Waals surface area contributed by atoms with Crippen LogP contribution in [-0.2, 0) is 9.59 Å². The van der Waals surface area contributed by atoms with Crippen molar-refractivity contribution in [2.24, 2.45) is 5.73 Å². The molecule has 1 amide bonds. The summed E-state index contributed by atoms with van der Waals surface area (Å²) in [5, 5.41) is 0. The number of nitrogens with two attached hydrogens (primary N) is 1. The molecule has 2 heterocycles. The lowest BCUT2D eigenvalue weighted by Gasteiger charge is -2.07. The molecule has 20 heavy (non-hydrogen) atoms. The Morgan fingerprint density at radius 3 is 2.70 bits per heavy atom. The molecule has 0 bridgehead atoms. The number of allylic oxidation sites excluding steroid dienone is 4. The average molecular weight is 266 g/mol. The Hall–Kier alpha value is -2.95. The Balaban J connectivity index is 2.11. The molecule has 0 aliphatic heterocycles. The zero-order valence-corrected chi connectivity index (χ0v) is 10.4. The van der Waals surface area contributed by atoms with E-state index in [0.717, 1.165) is 5.52 Å². The molecule has 0 saturated heterocycles. The summed E-state index contributed by atoms with van der Waals surface area (Å²) in [6.07, 6.45) is 7.14. The van der Waals surface area contributed by atoms with Crippen molar-refractivity contribution in [3.63, 3.8) is 0 Å². The molecule has 0 fully saturated rings. The maximum absolute atomic E-state index is 11.8. The smallest absolute Gasteiger partial charge is 0.250 e. The summed E-state index contributed by atoms with van der Waals surface area (Å²) < 4.78 is 1.73. The molecule has 2 aromatic rings. The molecule has 0 radical (unpaired) electrons. The third-order valence-electron chi connectivity index (χ3n) is 3.14. The molecule has 2 N–H and O–H groups in total. The first kappa shape index (κ1) is 12.1. The van der Waals surface area contributed by atoms with Crippen molar-refractivity contribution in [1.29, 1.82) is 0 Å². The monoisotopic (exact) mass is 266 g/mol. The zero-order valence-electron chi connectivity index (χ0n) is 10.4. The molecule has 2 aromatic heterocycles. The highest BCUT2D eigenvalue weighted by Crippen LogP contribution is 2.21. The molecule has 1 aliphatic carbocycles. The van der Waals surface area contributed by atoms with Crippen molar-refractivity contribution in [3.05, 3.63) is 59.9 Å². The lowest BCUT2D eigenvalue weighted by atomic mass is 9.97. The second-order valence-electron chi connectivity index (χ2n) is 4.50.